The third kappa shape index (κ3) is 4.77. The largest absolute Gasteiger partial charge is 0.385 e. The maximum Gasteiger partial charge on any atom is 0.0462 e. The Morgan fingerprint density at radius 1 is 1.40 bits per heavy atom. The molecule has 1 unspecified atom stereocenters. The van der Waals surface area contributed by atoms with E-state index in [9.17, 15) is 0 Å². The van der Waals surface area contributed by atoms with E-state index in [2.05, 4.69) is 25.9 Å². The Hall–Kier alpha value is -0.0800. The molecule has 0 heterocycles. The lowest BCUT2D eigenvalue weighted by atomic mass is 10.2. The summed E-state index contributed by atoms with van der Waals surface area (Å²) < 4.78 is 4.95. The molecule has 0 spiro atoms. The fourth-order valence-corrected chi connectivity index (χ4v) is 0.781. The van der Waals surface area contributed by atoms with Gasteiger partial charge in [0.05, 0.1) is 0 Å². The molecule has 0 bridgehead atoms. The quantitative estimate of drug-likeness (QED) is 0.542. The van der Waals surface area contributed by atoms with Crippen molar-refractivity contribution in [1.82, 2.24) is 4.90 Å². The average Bonchev–Trinajstić information content (AvgIpc) is 1.88. The predicted octanol–water partition coefficient (Wildman–Crippen LogP) is 1.36. The lowest BCUT2D eigenvalue weighted by Gasteiger charge is -2.18. The van der Waals surface area contributed by atoms with E-state index in [4.69, 9.17) is 4.74 Å². The van der Waals surface area contributed by atoms with Crippen molar-refractivity contribution in [3.8, 4) is 0 Å². The molecule has 62 valence electrons. The molecule has 0 aromatic heterocycles. The topological polar surface area (TPSA) is 12.5 Å². The van der Waals surface area contributed by atoms with E-state index in [1.54, 1.807) is 7.11 Å². The molecule has 0 aromatic carbocycles. The second-order valence-electron chi connectivity index (χ2n) is 2.95. The van der Waals surface area contributed by atoms with Crippen molar-refractivity contribution in [3.63, 3.8) is 0 Å². The van der Waals surface area contributed by atoms with Crippen molar-refractivity contribution in [2.45, 2.75) is 25.8 Å². The van der Waals surface area contributed by atoms with E-state index in [1.165, 1.54) is 6.42 Å². The maximum atomic E-state index is 4.95. The van der Waals surface area contributed by atoms with Gasteiger partial charge >= 0.3 is 0 Å². The van der Waals surface area contributed by atoms with E-state index in [0.717, 1.165) is 13.0 Å². The van der Waals surface area contributed by atoms with Crippen LogP contribution < -0.4 is 0 Å². The molecule has 0 aliphatic heterocycles. The lowest BCUT2D eigenvalue weighted by molar-refractivity contribution is 0.180. The van der Waals surface area contributed by atoms with Gasteiger partial charge in [0.1, 0.15) is 0 Å². The first kappa shape index (κ1) is 9.92. The maximum absolute atomic E-state index is 4.95. The Kier molecular flexibility index (Phi) is 5.64. The smallest absolute Gasteiger partial charge is 0.0462 e. The molecule has 2 heteroatoms. The Morgan fingerprint density at radius 3 is 2.40 bits per heavy atom. The number of hydrogen-bond donors (Lipinski definition) is 0. The van der Waals surface area contributed by atoms with Crippen molar-refractivity contribution >= 4 is 0 Å². The second-order valence-corrected chi connectivity index (χ2v) is 2.95. The zero-order valence-corrected chi connectivity index (χ0v) is 7.55. The van der Waals surface area contributed by atoms with Crippen LogP contribution in [-0.2, 0) is 4.74 Å². The molecule has 0 aromatic rings. The summed E-state index contributed by atoms with van der Waals surface area (Å²) in [5.41, 5.74) is 0. The van der Waals surface area contributed by atoms with Gasteiger partial charge in [-0.15, -0.1) is 0 Å². The first-order valence-corrected chi connectivity index (χ1v) is 3.84. The summed E-state index contributed by atoms with van der Waals surface area (Å²) in [6, 6.07) is 0.676. The van der Waals surface area contributed by atoms with Crippen molar-refractivity contribution in [3.05, 3.63) is 0 Å². The van der Waals surface area contributed by atoms with Gasteiger partial charge in [0.25, 0.3) is 0 Å². The molecule has 0 aliphatic carbocycles. The molecule has 0 aliphatic rings. The molecule has 0 radical (unpaired) electrons. The summed E-state index contributed by atoms with van der Waals surface area (Å²) >= 11 is 0. The molecule has 0 rings (SSSR count). The lowest BCUT2D eigenvalue weighted by Crippen LogP contribution is -2.24. The van der Waals surface area contributed by atoms with Crippen LogP contribution in [0.1, 0.15) is 19.8 Å². The molecule has 0 amide bonds. The first-order valence-electron chi connectivity index (χ1n) is 3.84. The van der Waals surface area contributed by atoms with Crippen LogP contribution in [-0.4, -0.2) is 38.8 Å². The molecule has 0 N–H and O–H groups in total. The Balaban J connectivity index is 3.13. The standard InChI is InChI=1S/C8H19NO/c1-8(9(2)3)6-5-7-10-4/h8H,5-7H2,1-4H3. The molecule has 0 saturated heterocycles. The van der Waals surface area contributed by atoms with Crippen LogP contribution in [0.3, 0.4) is 0 Å². The average molecular weight is 145 g/mol. The van der Waals surface area contributed by atoms with Crippen molar-refractivity contribution < 1.29 is 4.74 Å². The van der Waals surface area contributed by atoms with E-state index >= 15 is 0 Å². The number of ether oxygens (including phenoxy) is 1. The zero-order chi connectivity index (χ0) is 7.98. The summed E-state index contributed by atoms with van der Waals surface area (Å²) in [5.74, 6) is 0. The highest BCUT2D eigenvalue weighted by Gasteiger charge is 2.02. The van der Waals surface area contributed by atoms with Gasteiger partial charge in [0, 0.05) is 19.8 Å². The van der Waals surface area contributed by atoms with Gasteiger partial charge in [0.15, 0.2) is 0 Å². The summed E-state index contributed by atoms with van der Waals surface area (Å²) in [4.78, 5) is 2.23. The minimum Gasteiger partial charge on any atom is -0.385 e. The van der Waals surface area contributed by atoms with Crippen molar-refractivity contribution in [2.24, 2.45) is 0 Å². The minimum atomic E-state index is 0.676. The molecule has 1 atom stereocenters. The zero-order valence-electron chi connectivity index (χ0n) is 7.55. The van der Waals surface area contributed by atoms with Crippen LogP contribution in [0.4, 0.5) is 0 Å². The fourth-order valence-electron chi connectivity index (χ4n) is 0.781. The molecule has 10 heavy (non-hydrogen) atoms. The molecular formula is C8H19NO. The summed E-state index contributed by atoms with van der Waals surface area (Å²) in [5, 5.41) is 0. The van der Waals surface area contributed by atoms with E-state index in [0.29, 0.717) is 6.04 Å². The van der Waals surface area contributed by atoms with E-state index in [-0.39, 0.29) is 0 Å². The Labute approximate surface area is 64.2 Å². The molecule has 2 nitrogen and oxygen atoms in total. The Bertz CT molecular complexity index is 73.7. The normalized spacial score (nSPS) is 14.1. The highest BCUT2D eigenvalue weighted by molar-refractivity contribution is 4.57. The molecule has 0 fully saturated rings. The molecular weight excluding hydrogens is 126 g/mol. The first-order chi connectivity index (χ1) is 4.68. The van der Waals surface area contributed by atoms with Gasteiger partial charge in [-0.3, -0.25) is 0 Å². The van der Waals surface area contributed by atoms with E-state index in [1.807, 2.05) is 0 Å². The van der Waals surface area contributed by atoms with Crippen molar-refractivity contribution in [2.75, 3.05) is 27.8 Å². The second kappa shape index (κ2) is 5.69. The number of methoxy groups -OCH3 is 1. The summed E-state index contributed by atoms with van der Waals surface area (Å²) in [7, 11) is 5.97. The Morgan fingerprint density at radius 2 is 2.00 bits per heavy atom. The van der Waals surface area contributed by atoms with Gasteiger partial charge < -0.3 is 9.64 Å². The number of hydrogen-bond acceptors (Lipinski definition) is 2. The van der Waals surface area contributed by atoms with Crippen LogP contribution in [0.2, 0.25) is 0 Å². The summed E-state index contributed by atoms with van der Waals surface area (Å²) in [6.45, 7) is 3.12. The molecule has 0 saturated carbocycles. The summed E-state index contributed by atoms with van der Waals surface area (Å²) in [6.07, 6.45) is 2.39. The van der Waals surface area contributed by atoms with Crippen LogP contribution >= 0.6 is 0 Å². The van der Waals surface area contributed by atoms with Gasteiger partial charge in [-0.25, -0.2) is 0 Å². The number of rotatable bonds is 5. The van der Waals surface area contributed by atoms with Crippen molar-refractivity contribution in [1.29, 1.82) is 0 Å². The van der Waals surface area contributed by atoms with Gasteiger partial charge in [-0.05, 0) is 33.9 Å². The fraction of sp³-hybridized carbons (Fsp3) is 1.00. The van der Waals surface area contributed by atoms with Crippen LogP contribution in [0, 0.1) is 0 Å². The van der Waals surface area contributed by atoms with Crippen LogP contribution in [0.25, 0.3) is 0 Å². The number of nitrogens with zero attached hydrogens (tertiary/aromatic N) is 1. The van der Waals surface area contributed by atoms with Gasteiger partial charge in [0.2, 0.25) is 0 Å². The monoisotopic (exact) mass is 145 g/mol. The highest BCUT2D eigenvalue weighted by atomic mass is 16.5. The SMILES string of the molecule is COCCCC(C)N(C)C. The predicted molar refractivity (Wildman–Crippen MR) is 44.3 cm³/mol. The van der Waals surface area contributed by atoms with Gasteiger partial charge in [-0.2, -0.15) is 0 Å². The van der Waals surface area contributed by atoms with Crippen LogP contribution in [0.5, 0.6) is 0 Å². The van der Waals surface area contributed by atoms with E-state index < -0.39 is 0 Å². The van der Waals surface area contributed by atoms with Crippen LogP contribution in [0.15, 0.2) is 0 Å². The minimum absolute atomic E-state index is 0.676. The van der Waals surface area contributed by atoms with Gasteiger partial charge in [-0.1, -0.05) is 0 Å². The highest BCUT2D eigenvalue weighted by Crippen LogP contribution is 2.01. The third-order valence-electron chi connectivity index (χ3n) is 1.85. The third-order valence-corrected chi connectivity index (χ3v) is 1.85.